The molecule has 2 rings (SSSR count). The topological polar surface area (TPSA) is 54.5 Å². The minimum atomic E-state index is 0.0486. The van der Waals surface area contributed by atoms with Crippen LogP contribution in [0.15, 0.2) is 24.5 Å². The Morgan fingerprint density at radius 1 is 1.67 bits per heavy atom. The third kappa shape index (κ3) is 3.05. The van der Waals surface area contributed by atoms with E-state index >= 15 is 0 Å². The van der Waals surface area contributed by atoms with Crippen LogP contribution in [0.1, 0.15) is 16.8 Å². The van der Waals surface area contributed by atoms with Crippen molar-refractivity contribution in [2.45, 2.75) is 12.5 Å². The van der Waals surface area contributed by atoms with Crippen molar-refractivity contribution in [1.82, 2.24) is 15.2 Å². The molecule has 0 bridgehead atoms. The predicted octanol–water partition coefficient (Wildman–Crippen LogP) is 0.532. The number of rotatable bonds is 4. The van der Waals surface area contributed by atoms with E-state index in [2.05, 4.69) is 10.3 Å². The molecule has 0 saturated carbocycles. The SMILES string of the molecule is CNCCC1COCCN1C(=O)c1cccnc1. The van der Waals surface area contributed by atoms with Crippen LogP contribution >= 0.6 is 0 Å². The molecule has 1 saturated heterocycles. The minimum absolute atomic E-state index is 0.0486. The maximum atomic E-state index is 12.4. The molecule has 1 aromatic rings. The fraction of sp³-hybridized carbons (Fsp3) is 0.538. The number of ether oxygens (including phenoxy) is 1. The van der Waals surface area contributed by atoms with Crippen molar-refractivity contribution in [3.63, 3.8) is 0 Å². The first-order valence-electron chi connectivity index (χ1n) is 6.26. The van der Waals surface area contributed by atoms with Crippen LogP contribution in [0.2, 0.25) is 0 Å². The summed E-state index contributed by atoms with van der Waals surface area (Å²) in [6.45, 7) is 2.77. The van der Waals surface area contributed by atoms with Crippen molar-refractivity contribution in [2.24, 2.45) is 0 Å². The molecule has 1 aromatic heterocycles. The van der Waals surface area contributed by atoms with E-state index in [9.17, 15) is 4.79 Å². The molecule has 2 heterocycles. The molecule has 0 spiro atoms. The van der Waals surface area contributed by atoms with E-state index in [4.69, 9.17) is 4.74 Å². The number of carbonyl (C=O) groups is 1. The van der Waals surface area contributed by atoms with Gasteiger partial charge in [-0.05, 0) is 32.1 Å². The molecule has 18 heavy (non-hydrogen) atoms. The first-order chi connectivity index (χ1) is 8.83. The van der Waals surface area contributed by atoms with Gasteiger partial charge in [0.25, 0.3) is 5.91 Å². The summed E-state index contributed by atoms with van der Waals surface area (Å²) < 4.78 is 5.46. The molecular weight excluding hydrogens is 230 g/mol. The molecule has 1 amide bonds. The van der Waals surface area contributed by atoms with Gasteiger partial charge < -0.3 is 15.0 Å². The molecular formula is C13H19N3O2. The summed E-state index contributed by atoms with van der Waals surface area (Å²) >= 11 is 0. The molecule has 5 nitrogen and oxygen atoms in total. The van der Waals surface area contributed by atoms with Gasteiger partial charge in [0.05, 0.1) is 24.8 Å². The number of morpholine rings is 1. The second kappa shape index (κ2) is 6.47. The summed E-state index contributed by atoms with van der Waals surface area (Å²) in [6.07, 6.45) is 4.20. The number of hydrogen-bond acceptors (Lipinski definition) is 4. The molecule has 98 valence electrons. The maximum absolute atomic E-state index is 12.4. The Balaban J connectivity index is 2.06. The molecule has 1 aliphatic heterocycles. The third-order valence-electron chi connectivity index (χ3n) is 3.12. The summed E-state index contributed by atoms with van der Waals surface area (Å²) in [4.78, 5) is 18.3. The lowest BCUT2D eigenvalue weighted by Gasteiger charge is -2.35. The lowest BCUT2D eigenvalue weighted by atomic mass is 10.1. The van der Waals surface area contributed by atoms with Crippen LogP contribution in [0, 0.1) is 0 Å². The van der Waals surface area contributed by atoms with E-state index in [1.54, 1.807) is 24.5 Å². The Bertz CT molecular complexity index is 383. The Hall–Kier alpha value is -1.46. The Labute approximate surface area is 107 Å². The largest absolute Gasteiger partial charge is 0.377 e. The van der Waals surface area contributed by atoms with E-state index < -0.39 is 0 Å². The summed E-state index contributed by atoms with van der Waals surface area (Å²) in [7, 11) is 1.91. The molecule has 0 aromatic carbocycles. The zero-order valence-electron chi connectivity index (χ0n) is 10.6. The smallest absolute Gasteiger partial charge is 0.255 e. The molecule has 1 atom stereocenters. The highest BCUT2D eigenvalue weighted by molar-refractivity contribution is 5.94. The summed E-state index contributed by atoms with van der Waals surface area (Å²) in [6, 6.07) is 3.75. The number of nitrogens with one attached hydrogen (secondary N) is 1. The van der Waals surface area contributed by atoms with Crippen LogP contribution in [0.5, 0.6) is 0 Å². The first kappa shape index (κ1) is 13.0. The van der Waals surface area contributed by atoms with E-state index in [1.807, 2.05) is 11.9 Å². The lowest BCUT2D eigenvalue weighted by Crippen LogP contribution is -2.49. The van der Waals surface area contributed by atoms with Crippen molar-refractivity contribution in [3.8, 4) is 0 Å². The van der Waals surface area contributed by atoms with Gasteiger partial charge in [-0.1, -0.05) is 0 Å². The Kier molecular flexibility index (Phi) is 4.66. The highest BCUT2D eigenvalue weighted by Gasteiger charge is 2.27. The monoisotopic (exact) mass is 249 g/mol. The number of pyridine rings is 1. The molecule has 0 aliphatic carbocycles. The van der Waals surface area contributed by atoms with E-state index in [0.717, 1.165) is 13.0 Å². The molecule has 1 aliphatic rings. The summed E-state index contributed by atoms with van der Waals surface area (Å²) in [5.41, 5.74) is 0.647. The molecule has 5 heteroatoms. The first-order valence-corrected chi connectivity index (χ1v) is 6.26. The summed E-state index contributed by atoms with van der Waals surface area (Å²) in [5, 5.41) is 3.11. The number of carbonyl (C=O) groups excluding carboxylic acids is 1. The highest BCUT2D eigenvalue weighted by Crippen LogP contribution is 2.14. The van der Waals surface area contributed by atoms with Crippen molar-refractivity contribution in [1.29, 1.82) is 0 Å². The van der Waals surface area contributed by atoms with E-state index in [-0.39, 0.29) is 11.9 Å². The Morgan fingerprint density at radius 2 is 2.56 bits per heavy atom. The third-order valence-corrected chi connectivity index (χ3v) is 3.12. The zero-order valence-corrected chi connectivity index (χ0v) is 10.6. The zero-order chi connectivity index (χ0) is 12.8. The van der Waals surface area contributed by atoms with Gasteiger partial charge in [-0.15, -0.1) is 0 Å². The second-order valence-corrected chi connectivity index (χ2v) is 4.36. The van der Waals surface area contributed by atoms with Crippen LogP contribution < -0.4 is 5.32 Å². The van der Waals surface area contributed by atoms with E-state index in [1.165, 1.54) is 0 Å². The maximum Gasteiger partial charge on any atom is 0.255 e. The fourth-order valence-corrected chi connectivity index (χ4v) is 2.13. The van der Waals surface area contributed by atoms with Crippen molar-refractivity contribution < 1.29 is 9.53 Å². The van der Waals surface area contributed by atoms with Crippen LogP contribution in [0.25, 0.3) is 0 Å². The average Bonchev–Trinajstić information content (AvgIpc) is 2.45. The standard InChI is InChI=1S/C13H19N3O2/c1-14-6-4-12-10-18-8-7-16(12)13(17)11-3-2-5-15-9-11/h2-3,5,9,12,14H,4,6-8,10H2,1H3. The normalized spacial score (nSPS) is 19.8. The van der Waals surface area contributed by atoms with Crippen molar-refractivity contribution in [3.05, 3.63) is 30.1 Å². The Morgan fingerprint density at radius 3 is 3.28 bits per heavy atom. The van der Waals surface area contributed by atoms with Gasteiger partial charge in [0.1, 0.15) is 0 Å². The number of hydrogen-bond donors (Lipinski definition) is 1. The number of nitrogens with zero attached hydrogens (tertiary/aromatic N) is 2. The van der Waals surface area contributed by atoms with Gasteiger partial charge in [-0.2, -0.15) is 0 Å². The van der Waals surface area contributed by atoms with Gasteiger partial charge in [-0.25, -0.2) is 0 Å². The quantitative estimate of drug-likeness (QED) is 0.846. The minimum Gasteiger partial charge on any atom is -0.377 e. The highest BCUT2D eigenvalue weighted by atomic mass is 16.5. The second-order valence-electron chi connectivity index (χ2n) is 4.36. The molecule has 1 unspecified atom stereocenters. The predicted molar refractivity (Wildman–Crippen MR) is 68.4 cm³/mol. The molecule has 0 radical (unpaired) electrons. The van der Waals surface area contributed by atoms with Crippen LogP contribution in [-0.4, -0.2) is 55.2 Å². The van der Waals surface area contributed by atoms with Crippen molar-refractivity contribution >= 4 is 5.91 Å². The lowest BCUT2D eigenvalue weighted by molar-refractivity contribution is -0.00391. The molecule has 1 fully saturated rings. The van der Waals surface area contributed by atoms with Gasteiger partial charge in [0, 0.05) is 18.9 Å². The fourth-order valence-electron chi connectivity index (χ4n) is 2.13. The average molecular weight is 249 g/mol. The number of amides is 1. The van der Waals surface area contributed by atoms with Gasteiger partial charge >= 0.3 is 0 Å². The van der Waals surface area contributed by atoms with Gasteiger partial charge in [0.15, 0.2) is 0 Å². The van der Waals surface area contributed by atoms with Crippen LogP contribution in [0.3, 0.4) is 0 Å². The van der Waals surface area contributed by atoms with Gasteiger partial charge in [0.2, 0.25) is 0 Å². The van der Waals surface area contributed by atoms with Crippen LogP contribution in [0.4, 0.5) is 0 Å². The summed E-state index contributed by atoms with van der Waals surface area (Å²) in [5.74, 6) is 0.0486. The van der Waals surface area contributed by atoms with E-state index in [0.29, 0.717) is 25.3 Å². The molecule has 1 N–H and O–H groups in total. The number of aromatic nitrogens is 1. The van der Waals surface area contributed by atoms with Crippen LogP contribution in [-0.2, 0) is 4.74 Å². The van der Waals surface area contributed by atoms with Crippen molar-refractivity contribution in [2.75, 3.05) is 33.4 Å². The van der Waals surface area contributed by atoms with Gasteiger partial charge in [-0.3, -0.25) is 9.78 Å².